The maximum absolute atomic E-state index is 5.63. The Kier molecular flexibility index (Phi) is 8.21. The topological polar surface area (TPSA) is 62.7 Å². The number of ether oxygens (including phenoxy) is 2. The predicted molar refractivity (Wildman–Crippen MR) is 71.5 cm³/mol. The minimum absolute atomic E-state index is 0.614. The van der Waals surface area contributed by atoms with E-state index >= 15 is 0 Å². The smallest absolute Gasteiger partial charge is 0.125 e. The van der Waals surface area contributed by atoms with E-state index in [1.807, 2.05) is 12.1 Å². The van der Waals surface area contributed by atoms with Crippen molar-refractivity contribution in [3.63, 3.8) is 0 Å². The van der Waals surface area contributed by atoms with E-state index in [1.54, 1.807) is 0 Å². The van der Waals surface area contributed by atoms with Gasteiger partial charge in [-0.3, -0.25) is 0 Å². The summed E-state index contributed by atoms with van der Waals surface area (Å²) in [5.74, 6) is 0.932. The van der Waals surface area contributed by atoms with Crippen LogP contribution in [0.2, 0.25) is 0 Å². The van der Waals surface area contributed by atoms with Gasteiger partial charge in [0.25, 0.3) is 0 Å². The fourth-order valence-corrected chi connectivity index (χ4v) is 1.63. The first-order valence-corrected chi connectivity index (χ1v) is 6.77. The van der Waals surface area contributed by atoms with E-state index in [1.165, 1.54) is 5.56 Å². The van der Waals surface area contributed by atoms with Crippen molar-refractivity contribution < 1.29 is 20.5 Å². The first-order valence-electron chi connectivity index (χ1n) is 6.77. The fraction of sp³-hybridized carbons (Fsp3) is 0.571. The molecule has 1 aromatic carbocycles. The third-order valence-corrected chi connectivity index (χ3v) is 2.68. The second-order valence-electron chi connectivity index (χ2n) is 4.18. The highest BCUT2D eigenvalue weighted by Gasteiger charge is 1.96. The van der Waals surface area contributed by atoms with Gasteiger partial charge >= 0.3 is 0 Å². The zero-order chi connectivity index (χ0) is 13.1. The Hall–Kier alpha value is -1.10. The van der Waals surface area contributed by atoms with Crippen LogP contribution in [0.5, 0.6) is 5.75 Å². The standard InChI is InChI=1S/C14H24N2O2/c1-2-13-4-3-5-14(12-13)18-11-10-17-9-8-16-7-6-15/h3-5,12,16H,2,6-11,15H2,1H3/p+2. The van der Waals surface area contributed by atoms with Crippen LogP contribution in [-0.4, -0.2) is 39.5 Å². The molecule has 0 amide bonds. The van der Waals surface area contributed by atoms with Crippen molar-refractivity contribution in [3.05, 3.63) is 29.8 Å². The van der Waals surface area contributed by atoms with Crippen molar-refractivity contribution >= 4 is 0 Å². The first-order chi connectivity index (χ1) is 8.86. The zero-order valence-electron chi connectivity index (χ0n) is 11.4. The molecule has 0 atom stereocenters. The monoisotopic (exact) mass is 254 g/mol. The van der Waals surface area contributed by atoms with E-state index in [0.717, 1.165) is 38.4 Å². The number of hydrogen-bond donors (Lipinski definition) is 2. The van der Waals surface area contributed by atoms with Gasteiger partial charge in [-0.1, -0.05) is 19.1 Å². The Morgan fingerprint density at radius 3 is 2.83 bits per heavy atom. The molecule has 4 nitrogen and oxygen atoms in total. The molecular formula is C14H26N2O2+2. The van der Waals surface area contributed by atoms with Gasteiger partial charge in [0, 0.05) is 0 Å². The van der Waals surface area contributed by atoms with Crippen molar-refractivity contribution in [2.24, 2.45) is 0 Å². The van der Waals surface area contributed by atoms with E-state index in [4.69, 9.17) is 9.47 Å². The van der Waals surface area contributed by atoms with Gasteiger partial charge in [0.2, 0.25) is 0 Å². The maximum atomic E-state index is 5.63. The largest absolute Gasteiger partial charge is 0.491 e. The second-order valence-corrected chi connectivity index (χ2v) is 4.18. The van der Waals surface area contributed by atoms with Crippen LogP contribution in [0.1, 0.15) is 12.5 Å². The van der Waals surface area contributed by atoms with E-state index in [-0.39, 0.29) is 0 Å². The third kappa shape index (κ3) is 6.59. The summed E-state index contributed by atoms with van der Waals surface area (Å²) >= 11 is 0. The molecule has 18 heavy (non-hydrogen) atoms. The van der Waals surface area contributed by atoms with Crippen LogP contribution in [0.4, 0.5) is 0 Å². The quantitative estimate of drug-likeness (QED) is 0.550. The van der Waals surface area contributed by atoms with Gasteiger partial charge in [-0.25, -0.2) is 0 Å². The van der Waals surface area contributed by atoms with Gasteiger partial charge in [-0.05, 0) is 24.1 Å². The van der Waals surface area contributed by atoms with Crippen molar-refractivity contribution in [3.8, 4) is 5.75 Å². The highest BCUT2D eigenvalue weighted by atomic mass is 16.5. The lowest BCUT2D eigenvalue weighted by atomic mass is 10.2. The Bertz CT molecular complexity index is 318. The molecule has 1 rings (SSSR count). The Labute approximate surface area is 109 Å². The Balaban J connectivity index is 2.03. The highest BCUT2D eigenvalue weighted by Crippen LogP contribution is 2.13. The number of aryl methyl sites for hydroxylation is 1. The highest BCUT2D eigenvalue weighted by molar-refractivity contribution is 5.28. The SMILES string of the molecule is CCc1cccc(OCCOCC[NH2+]CC[NH3+])c1. The van der Waals surface area contributed by atoms with Crippen LogP contribution >= 0.6 is 0 Å². The summed E-state index contributed by atoms with van der Waals surface area (Å²) in [7, 11) is 0. The summed E-state index contributed by atoms with van der Waals surface area (Å²) < 4.78 is 11.1. The van der Waals surface area contributed by atoms with Gasteiger partial charge in [0.1, 0.15) is 25.4 Å². The molecule has 0 unspecified atom stereocenters. The average molecular weight is 254 g/mol. The summed E-state index contributed by atoms with van der Waals surface area (Å²) in [5, 5.41) is 2.22. The molecule has 0 aliphatic heterocycles. The zero-order valence-corrected chi connectivity index (χ0v) is 11.4. The summed E-state index contributed by atoms with van der Waals surface area (Å²) in [5.41, 5.74) is 5.09. The minimum Gasteiger partial charge on any atom is -0.491 e. The second kappa shape index (κ2) is 9.88. The molecule has 0 aromatic heterocycles. The Morgan fingerprint density at radius 1 is 1.17 bits per heavy atom. The van der Waals surface area contributed by atoms with Gasteiger partial charge in [-0.15, -0.1) is 0 Å². The normalized spacial score (nSPS) is 10.6. The molecule has 0 aliphatic rings. The summed E-state index contributed by atoms with van der Waals surface area (Å²) in [6.07, 6.45) is 1.04. The van der Waals surface area contributed by atoms with E-state index in [9.17, 15) is 0 Å². The molecule has 0 fully saturated rings. The van der Waals surface area contributed by atoms with Gasteiger partial charge in [0.05, 0.1) is 19.8 Å². The van der Waals surface area contributed by atoms with Crippen LogP contribution in [0, 0.1) is 0 Å². The van der Waals surface area contributed by atoms with E-state index in [0.29, 0.717) is 13.2 Å². The molecule has 0 bridgehead atoms. The molecule has 0 heterocycles. The average Bonchev–Trinajstić information content (AvgIpc) is 2.42. The number of quaternary nitrogens is 2. The molecule has 1 aromatic rings. The van der Waals surface area contributed by atoms with Crippen molar-refractivity contribution in [2.75, 3.05) is 39.5 Å². The molecule has 0 spiro atoms. The summed E-state index contributed by atoms with van der Waals surface area (Å²) in [6, 6.07) is 8.22. The lowest BCUT2D eigenvalue weighted by Gasteiger charge is -2.07. The lowest BCUT2D eigenvalue weighted by Crippen LogP contribution is -2.88. The molecule has 0 radical (unpaired) electrons. The summed E-state index contributed by atoms with van der Waals surface area (Å²) in [6.45, 7) is 7.22. The fourth-order valence-electron chi connectivity index (χ4n) is 1.63. The van der Waals surface area contributed by atoms with Crippen LogP contribution in [0.3, 0.4) is 0 Å². The van der Waals surface area contributed by atoms with Crippen molar-refractivity contribution in [1.82, 2.24) is 0 Å². The number of rotatable bonds is 10. The van der Waals surface area contributed by atoms with Gasteiger partial charge < -0.3 is 20.5 Å². The van der Waals surface area contributed by atoms with Gasteiger partial charge in [0.15, 0.2) is 0 Å². The first kappa shape index (κ1) is 15.0. The van der Waals surface area contributed by atoms with Gasteiger partial charge in [-0.2, -0.15) is 0 Å². The molecule has 0 aliphatic carbocycles. The number of hydrogen-bond acceptors (Lipinski definition) is 2. The number of benzene rings is 1. The maximum Gasteiger partial charge on any atom is 0.125 e. The van der Waals surface area contributed by atoms with Crippen LogP contribution in [-0.2, 0) is 11.2 Å². The minimum atomic E-state index is 0.614. The molecule has 102 valence electrons. The van der Waals surface area contributed by atoms with Crippen LogP contribution in [0.25, 0.3) is 0 Å². The van der Waals surface area contributed by atoms with Crippen molar-refractivity contribution in [2.45, 2.75) is 13.3 Å². The van der Waals surface area contributed by atoms with E-state index < -0.39 is 0 Å². The number of nitrogens with two attached hydrogens (primary N) is 1. The van der Waals surface area contributed by atoms with Crippen molar-refractivity contribution in [1.29, 1.82) is 0 Å². The van der Waals surface area contributed by atoms with Crippen LogP contribution in [0.15, 0.2) is 24.3 Å². The third-order valence-electron chi connectivity index (χ3n) is 2.68. The summed E-state index contributed by atoms with van der Waals surface area (Å²) in [4.78, 5) is 0. The molecule has 0 saturated carbocycles. The molecule has 4 heteroatoms. The Morgan fingerprint density at radius 2 is 2.06 bits per heavy atom. The van der Waals surface area contributed by atoms with E-state index in [2.05, 4.69) is 30.1 Å². The molecular weight excluding hydrogens is 228 g/mol. The lowest BCUT2D eigenvalue weighted by molar-refractivity contribution is -0.671. The predicted octanol–water partition coefficient (Wildman–Crippen LogP) is -0.550. The molecule has 0 saturated heterocycles. The molecule has 5 N–H and O–H groups in total. The van der Waals surface area contributed by atoms with Crippen LogP contribution < -0.4 is 15.8 Å².